The molecule has 0 spiro atoms. The number of fused-ring (bicyclic) bond motifs is 1. The molecule has 4 aromatic rings. The molecule has 0 saturated heterocycles. The van der Waals surface area contributed by atoms with Crippen LogP contribution in [0.5, 0.6) is 17.2 Å². The van der Waals surface area contributed by atoms with Gasteiger partial charge in [-0.15, -0.1) is 5.10 Å². The van der Waals surface area contributed by atoms with E-state index in [2.05, 4.69) is 23.6 Å². The van der Waals surface area contributed by atoms with Gasteiger partial charge in [0.05, 0.1) is 18.2 Å². The first-order valence-corrected chi connectivity index (χ1v) is 12.0. The van der Waals surface area contributed by atoms with E-state index in [-0.39, 0.29) is 5.56 Å². The molecule has 0 bridgehead atoms. The number of rotatable bonds is 11. The Bertz CT molecular complexity index is 1380. The Labute approximate surface area is 201 Å². The molecule has 0 aliphatic rings. The highest BCUT2D eigenvalue weighted by Crippen LogP contribution is 2.28. The zero-order chi connectivity index (χ0) is 23.9. The minimum Gasteiger partial charge on any atom is -0.493 e. The van der Waals surface area contributed by atoms with Crippen LogP contribution in [0.1, 0.15) is 31.7 Å². The van der Waals surface area contributed by atoms with E-state index in [0.29, 0.717) is 40.0 Å². The highest BCUT2D eigenvalue weighted by molar-refractivity contribution is 7.15. The van der Waals surface area contributed by atoms with Gasteiger partial charge in [0.15, 0.2) is 17.3 Å². The summed E-state index contributed by atoms with van der Waals surface area (Å²) in [6.45, 7) is 6.89. The summed E-state index contributed by atoms with van der Waals surface area (Å²) in [6.07, 6.45) is 6.79. The smallest absolute Gasteiger partial charge is 0.291 e. The largest absolute Gasteiger partial charge is 0.493 e. The summed E-state index contributed by atoms with van der Waals surface area (Å²) in [7, 11) is 1.61. The predicted molar refractivity (Wildman–Crippen MR) is 135 cm³/mol. The molecule has 0 saturated carbocycles. The molecule has 7 nitrogen and oxygen atoms in total. The van der Waals surface area contributed by atoms with Crippen LogP contribution >= 0.6 is 11.3 Å². The van der Waals surface area contributed by atoms with Crippen LogP contribution in [0.4, 0.5) is 0 Å². The van der Waals surface area contributed by atoms with Gasteiger partial charge in [0.1, 0.15) is 12.4 Å². The van der Waals surface area contributed by atoms with Crippen molar-refractivity contribution in [2.45, 2.75) is 26.2 Å². The SMILES string of the molecule is C=CCOc1ccc(-c2nc3s/c(=C/c4ccc(OCCCCC)c(OC)c4)c(=O)n3n2)cc1. The fourth-order valence-electron chi connectivity index (χ4n) is 3.39. The lowest BCUT2D eigenvalue weighted by Crippen LogP contribution is -2.23. The van der Waals surface area contributed by atoms with Crippen LogP contribution in [0.25, 0.3) is 22.4 Å². The number of nitrogens with zero attached hydrogens (tertiary/aromatic N) is 3. The lowest BCUT2D eigenvalue weighted by molar-refractivity contribution is 0.286. The summed E-state index contributed by atoms with van der Waals surface area (Å²) in [5, 5.41) is 4.42. The van der Waals surface area contributed by atoms with Gasteiger partial charge in [-0.3, -0.25) is 4.79 Å². The molecule has 0 radical (unpaired) electrons. The van der Waals surface area contributed by atoms with E-state index in [1.807, 2.05) is 48.5 Å². The van der Waals surface area contributed by atoms with E-state index in [1.54, 1.807) is 13.2 Å². The lowest BCUT2D eigenvalue weighted by Gasteiger charge is -2.11. The molecule has 0 aliphatic carbocycles. The highest BCUT2D eigenvalue weighted by atomic mass is 32.1. The summed E-state index contributed by atoms with van der Waals surface area (Å²) < 4.78 is 18.7. The fraction of sp³-hybridized carbons (Fsp3) is 0.269. The molecule has 176 valence electrons. The van der Waals surface area contributed by atoms with E-state index >= 15 is 0 Å². The van der Waals surface area contributed by atoms with Crippen molar-refractivity contribution in [2.24, 2.45) is 0 Å². The van der Waals surface area contributed by atoms with Crippen molar-refractivity contribution >= 4 is 22.4 Å². The summed E-state index contributed by atoms with van der Waals surface area (Å²) >= 11 is 1.30. The Kier molecular flexibility index (Phi) is 7.59. The minimum atomic E-state index is -0.205. The van der Waals surface area contributed by atoms with E-state index in [9.17, 15) is 4.79 Å². The average molecular weight is 478 g/mol. The Morgan fingerprint density at radius 3 is 2.62 bits per heavy atom. The molecule has 2 aromatic carbocycles. The van der Waals surface area contributed by atoms with E-state index < -0.39 is 0 Å². The Morgan fingerprint density at radius 2 is 1.91 bits per heavy atom. The quantitative estimate of drug-likeness (QED) is 0.234. The first-order chi connectivity index (χ1) is 16.6. The number of benzene rings is 2. The Morgan fingerprint density at radius 1 is 1.09 bits per heavy atom. The Hall–Kier alpha value is -3.65. The van der Waals surface area contributed by atoms with Crippen LogP contribution in [-0.2, 0) is 0 Å². The second kappa shape index (κ2) is 11.0. The molecule has 0 fully saturated rings. The lowest BCUT2D eigenvalue weighted by atomic mass is 10.2. The zero-order valence-electron chi connectivity index (χ0n) is 19.3. The first kappa shape index (κ1) is 23.5. The average Bonchev–Trinajstić information content (AvgIpc) is 3.40. The van der Waals surface area contributed by atoms with Crippen molar-refractivity contribution < 1.29 is 14.2 Å². The van der Waals surface area contributed by atoms with Crippen LogP contribution in [-0.4, -0.2) is 34.9 Å². The number of unbranched alkanes of at least 4 members (excludes halogenated alkanes) is 2. The van der Waals surface area contributed by atoms with Crippen molar-refractivity contribution in [3.63, 3.8) is 0 Å². The monoisotopic (exact) mass is 477 g/mol. The van der Waals surface area contributed by atoms with Crippen LogP contribution < -0.4 is 24.3 Å². The molecule has 0 amide bonds. The molecular formula is C26H27N3O4S. The number of hydrogen-bond donors (Lipinski definition) is 0. The molecule has 2 heterocycles. The number of hydrogen-bond acceptors (Lipinski definition) is 7. The predicted octanol–water partition coefficient (Wildman–Crippen LogP) is 4.51. The van der Waals surface area contributed by atoms with Crippen LogP contribution in [0.2, 0.25) is 0 Å². The van der Waals surface area contributed by atoms with E-state index in [1.165, 1.54) is 15.9 Å². The van der Waals surface area contributed by atoms with Gasteiger partial charge in [-0.2, -0.15) is 9.50 Å². The maximum atomic E-state index is 12.9. The summed E-state index contributed by atoms with van der Waals surface area (Å²) in [5.74, 6) is 2.57. The van der Waals surface area contributed by atoms with Gasteiger partial charge < -0.3 is 14.2 Å². The molecule has 8 heteroatoms. The number of methoxy groups -OCH3 is 1. The third kappa shape index (κ3) is 5.28. The van der Waals surface area contributed by atoms with E-state index in [0.717, 1.165) is 36.1 Å². The summed E-state index contributed by atoms with van der Waals surface area (Å²) in [4.78, 5) is 18.0. The molecule has 4 rings (SSSR count). The van der Waals surface area contributed by atoms with Crippen molar-refractivity contribution in [1.29, 1.82) is 0 Å². The number of aromatic nitrogens is 3. The van der Waals surface area contributed by atoms with Gasteiger partial charge in [-0.1, -0.05) is 49.8 Å². The van der Waals surface area contributed by atoms with Crippen molar-refractivity contribution in [1.82, 2.24) is 14.6 Å². The summed E-state index contributed by atoms with van der Waals surface area (Å²) in [5.41, 5.74) is 1.45. The molecule has 2 aromatic heterocycles. The van der Waals surface area contributed by atoms with E-state index in [4.69, 9.17) is 14.2 Å². The number of thiazole rings is 1. The minimum absolute atomic E-state index is 0.205. The molecule has 34 heavy (non-hydrogen) atoms. The fourth-order valence-corrected chi connectivity index (χ4v) is 4.30. The molecule has 0 N–H and O–H groups in total. The third-order valence-electron chi connectivity index (χ3n) is 5.15. The van der Waals surface area contributed by atoms with Crippen LogP contribution in [0, 0.1) is 0 Å². The second-order valence-electron chi connectivity index (χ2n) is 7.64. The van der Waals surface area contributed by atoms with Gasteiger partial charge in [0, 0.05) is 5.56 Å². The van der Waals surface area contributed by atoms with Gasteiger partial charge >= 0.3 is 0 Å². The second-order valence-corrected chi connectivity index (χ2v) is 8.64. The van der Waals surface area contributed by atoms with Crippen LogP contribution in [0.15, 0.2) is 59.9 Å². The topological polar surface area (TPSA) is 75.0 Å². The van der Waals surface area contributed by atoms with Crippen molar-refractivity contribution in [2.75, 3.05) is 20.3 Å². The normalized spacial score (nSPS) is 11.6. The highest BCUT2D eigenvalue weighted by Gasteiger charge is 2.13. The molecule has 0 atom stereocenters. The zero-order valence-corrected chi connectivity index (χ0v) is 20.1. The van der Waals surface area contributed by atoms with Gasteiger partial charge in [-0.05, 0) is 54.5 Å². The molecular weight excluding hydrogens is 450 g/mol. The van der Waals surface area contributed by atoms with Crippen molar-refractivity contribution in [3.05, 3.63) is 75.6 Å². The van der Waals surface area contributed by atoms with Crippen molar-refractivity contribution in [3.8, 4) is 28.6 Å². The maximum Gasteiger partial charge on any atom is 0.291 e. The molecule has 0 aliphatic heterocycles. The number of ether oxygens (including phenoxy) is 3. The van der Waals surface area contributed by atoms with Gasteiger partial charge in [0.2, 0.25) is 4.96 Å². The van der Waals surface area contributed by atoms with Crippen LogP contribution in [0.3, 0.4) is 0 Å². The summed E-state index contributed by atoms with van der Waals surface area (Å²) in [6, 6.07) is 13.1. The maximum absolute atomic E-state index is 12.9. The third-order valence-corrected chi connectivity index (χ3v) is 6.11. The molecule has 0 unspecified atom stereocenters. The van der Waals surface area contributed by atoms with Gasteiger partial charge in [0.25, 0.3) is 5.56 Å². The standard InChI is InChI=1S/C26H27N3O4S/c1-4-6-7-15-33-21-13-8-18(16-22(21)31-3)17-23-25(30)29-26(34-23)27-24(28-29)19-9-11-20(12-10-19)32-14-5-2/h5,8-13,16-17H,2,4,6-7,14-15H2,1,3H3/b23-17+. The first-order valence-electron chi connectivity index (χ1n) is 11.2. The Balaban J connectivity index is 1.56. The van der Waals surface area contributed by atoms with Gasteiger partial charge in [-0.25, -0.2) is 0 Å².